The Morgan fingerprint density at radius 1 is 1.00 bits per heavy atom. The lowest BCUT2D eigenvalue weighted by atomic mass is 10.1. The van der Waals surface area contributed by atoms with E-state index in [-0.39, 0.29) is 21.2 Å². The van der Waals surface area contributed by atoms with E-state index < -0.39 is 15.6 Å². The second kappa shape index (κ2) is 6.34. The van der Waals surface area contributed by atoms with Crippen LogP contribution in [-0.2, 0) is 10.1 Å². The second-order valence-corrected chi connectivity index (χ2v) is 8.77. The zero-order valence-corrected chi connectivity index (χ0v) is 14.3. The van der Waals surface area contributed by atoms with Gasteiger partial charge in [0, 0.05) is 22.2 Å². The van der Waals surface area contributed by atoms with Crippen molar-refractivity contribution in [3.05, 3.63) is 54.6 Å². The molecule has 2 aromatic rings. The highest BCUT2D eigenvalue weighted by Crippen LogP contribution is 2.24. The minimum atomic E-state index is -6.09. The topological polar surface area (TPSA) is 57.2 Å². The molecule has 3 rings (SSSR count). The molecule has 1 heterocycles. The largest absolute Gasteiger partial charge is 0.741 e. The number of fused-ring (bicyclic) bond motifs is 3. The molecule has 3 nitrogen and oxygen atoms in total. The van der Waals surface area contributed by atoms with Gasteiger partial charge in [-0.15, -0.1) is 0 Å². The number of hydrogen-bond acceptors (Lipinski definition) is 3. The van der Waals surface area contributed by atoms with Crippen LogP contribution in [0.4, 0.5) is 13.2 Å². The summed E-state index contributed by atoms with van der Waals surface area (Å²) in [4.78, 5) is 0. The monoisotopic (exact) mass is 462 g/mol. The fraction of sp³-hybridized carbons (Fsp3) is 0.0769. The zero-order valence-electron chi connectivity index (χ0n) is 10.6. The Kier molecular flexibility index (Phi) is 5.05. The average molecular weight is 463 g/mol. The summed E-state index contributed by atoms with van der Waals surface area (Å²) in [6, 6.07) is 14.9. The van der Waals surface area contributed by atoms with E-state index in [0.717, 1.165) is 5.02 Å². The van der Waals surface area contributed by atoms with Crippen molar-refractivity contribution in [2.45, 2.75) is 5.51 Å². The van der Waals surface area contributed by atoms with Crippen molar-refractivity contribution < 1.29 is 47.3 Å². The quantitative estimate of drug-likeness (QED) is 0.278. The summed E-state index contributed by atoms with van der Waals surface area (Å²) < 4.78 is 61.9. The summed E-state index contributed by atoms with van der Waals surface area (Å²) in [5.74, 6) is 0. The standard InChI is InChI=1S/C12H7ClI.CHF3O3S/c13-8-5-6-10-9-3-1-2-4-11(9)14-12(10)7-8;2-1(3,4)8(5,6)7/h1-7H;(H,5,6,7)/q+1;/p-1. The zero-order chi connectivity index (χ0) is 16.5. The predicted molar refractivity (Wildman–Crippen MR) is 70.0 cm³/mol. The molecule has 0 aliphatic carbocycles. The van der Waals surface area contributed by atoms with Crippen LogP contribution < -0.4 is 21.2 Å². The lowest BCUT2D eigenvalue weighted by Crippen LogP contribution is -3.61. The Balaban J connectivity index is 0.000000192. The molecule has 0 saturated heterocycles. The molecular formula is C13H7ClF3IO3S. The fourth-order valence-electron chi connectivity index (χ4n) is 1.66. The van der Waals surface area contributed by atoms with Crippen LogP contribution >= 0.6 is 11.6 Å². The number of halogens is 5. The molecular weight excluding hydrogens is 456 g/mol. The van der Waals surface area contributed by atoms with Crippen LogP contribution in [0.2, 0.25) is 5.02 Å². The van der Waals surface area contributed by atoms with Gasteiger partial charge in [0.15, 0.2) is 10.1 Å². The molecule has 0 N–H and O–H groups in total. The predicted octanol–water partition coefficient (Wildman–Crippen LogP) is 0.500. The van der Waals surface area contributed by atoms with E-state index in [1.54, 1.807) is 0 Å². The molecule has 1 aliphatic rings. The smallest absolute Gasteiger partial charge is 0.485 e. The minimum absolute atomic E-state index is 0.00155. The van der Waals surface area contributed by atoms with E-state index >= 15 is 0 Å². The van der Waals surface area contributed by atoms with Gasteiger partial charge in [0.2, 0.25) is 7.14 Å². The first-order valence-electron chi connectivity index (χ1n) is 5.65. The first-order chi connectivity index (χ1) is 10.1. The van der Waals surface area contributed by atoms with Gasteiger partial charge in [-0.25, -0.2) is 8.42 Å². The Bertz CT molecular complexity index is 806. The average Bonchev–Trinajstić information content (AvgIpc) is 2.74. The highest BCUT2D eigenvalue weighted by Gasteiger charge is 2.37. The van der Waals surface area contributed by atoms with Crippen LogP contribution in [0.1, 0.15) is 0 Å². The number of benzene rings is 2. The normalized spacial score (nSPS) is 13.0. The highest BCUT2D eigenvalue weighted by molar-refractivity contribution is 7.86. The first-order valence-corrected chi connectivity index (χ1v) is 9.60. The lowest BCUT2D eigenvalue weighted by molar-refractivity contribution is -0.589. The summed E-state index contributed by atoms with van der Waals surface area (Å²) in [7, 11) is -6.09. The molecule has 2 aromatic carbocycles. The van der Waals surface area contributed by atoms with Crippen molar-refractivity contribution in [2.24, 2.45) is 0 Å². The molecule has 9 heteroatoms. The molecule has 118 valence electrons. The number of rotatable bonds is 0. The molecule has 0 bridgehead atoms. The van der Waals surface area contributed by atoms with Crippen molar-refractivity contribution >= 4 is 21.7 Å². The minimum Gasteiger partial charge on any atom is -0.741 e. The van der Waals surface area contributed by atoms with Gasteiger partial charge in [0.05, 0.1) is 0 Å². The SMILES string of the molecule is Clc1ccc2c(c1)[I+]c1ccccc1-2.O=S(=O)([O-])C(F)(F)F. The van der Waals surface area contributed by atoms with Crippen molar-refractivity contribution in [3.8, 4) is 11.1 Å². The summed E-state index contributed by atoms with van der Waals surface area (Å²) in [5.41, 5.74) is -2.85. The van der Waals surface area contributed by atoms with Gasteiger partial charge in [-0.3, -0.25) is 0 Å². The van der Waals surface area contributed by atoms with Gasteiger partial charge in [0.25, 0.3) is 0 Å². The Labute approximate surface area is 140 Å². The molecule has 22 heavy (non-hydrogen) atoms. The molecule has 0 fully saturated rings. The van der Waals surface area contributed by atoms with Crippen LogP contribution in [0.25, 0.3) is 11.1 Å². The summed E-state index contributed by atoms with van der Waals surface area (Å²) >= 11 is 5.99. The van der Waals surface area contributed by atoms with E-state index in [4.69, 9.17) is 24.6 Å². The van der Waals surface area contributed by atoms with Crippen molar-refractivity contribution in [1.29, 1.82) is 0 Å². The van der Waals surface area contributed by atoms with Crippen molar-refractivity contribution in [3.63, 3.8) is 0 Å². The molecule has 0 radical (unpaired) electrons. The van der Waals surface area contributed by atoms with E-state index in [1.165, 1.54) is 18.3 Å². The van der Waals surface area contributed by atoms with Gasteiger partial charge in [0.1, 0.15) is 0 Å². The Hall–Kier alpha value is -0.840. The molecule has 0 atom stereocenters. The van der Waals surface area contributed by atoms with Crippen molar-refractivity contribution in [1.82, 2.24) is 0 Å². The first kappa shape index (κ1) is 17.5. The van der Waals surface area contributed by atoms with Gasteiger partial charge in [-0.05, 0) is 24.3 Å². The fourth-order valence-corrected chi connectivity index (χ4v) is 5.04. The molecule has 0 saturated carbocycles. The van der Waals surface area contributed by atoms with Gasteiger partial charge >= 0.3 is 26.7 Å². The maximum atomic E-state index is 10.7. The van der Waals surface area contributed by atoms with Gasteiger partial charge in [-0.1, -0.05) is 23.7 Å². The molecule has 1 aliphatic heterocycles. The number of hydrogen-bond donors (Lipinski definition) is 0. The number of alkyl halides is 3. The molecule has 0 amide bonds. The second-order valence-electron chi connectivity index (χ2n) is 4.10. The molecule has 0 aromatic heterocycles. The third kappa shape index (κ3) is 3.92. The van der Waals surface area contributed by atoms with Gasteiger partial charge in [-0.2, -0.15) is 13.2 Å². The Morgan fingerprint density at radius 2 is 1.55 bits per heavy atom. The third-order valence-corrected chi connectivity index (χ3v) is 6.38. The van der Waals surface area contributed by atoms with Gasteiger partial charge < -0.3 is 4.55 Å². The van der Waals surface area contributed by atoms with Crippen LogP contribution in [0.15, 0.2) is 42.5 Å². The van der Waals surface area contributed by atoms with Crippen LogP contribution in [-0.4, -0.2) is 18.5 Å². The lowest BCUT2D eigenvalue weighted by Gasteiger charge is -2.08. The van der Waals surface area contributed by atoms with Crippen LogP contribution in [0.3, 0.4) is 0 Å². The maximum Gasteiger partial charge on any atom is 0.485 e. The molecule has 0 spiro atoms. The summed E-state index contributed by atoms with van der Waals surface area (Å²) in [6.07, 6.45) is 0. The van der Waals surface area contributed by atoms with E-state index in [1.807, 2.05) is 6.07 Å². The van der Waals surface area contributed by atoms with Crippen LogP contribution in [0, 0.1) is 7.14 Å². The van der Waals surface area contributed by atoms with Crippen LogP contribution in [0.5, 0.6) is 0 Å². The maximum absolute atomic E-state index is 10.7. The molecule has 0 unspecified atom stereocenters. The van der Waals surface area contributed by atoms with E-state index in [0.29, 0.717) is 0 Å². The van der Waals surface area contributed by atoms with E-state index in [2.05, 4.69) is 36.4 Å². The summed E-state index contributed by atoms with van der Waals surface area (Å²) in [5, 5.41) is 0.858. The van der Waals surface area contributed by atoms with Crippen molar-refractivity contribution in [2.75, 3.05) is 0 Å². The third-order valence-electron chi connectivity index (χ3n) is 2.58. The summed E-state index contributed by atoms with van der Waals surface area (Å²) in [6.45, 7) is 0. The Morgan fingerprint density at radius 3 is 2.14 bits per heavy atom. The van der Waals surface area contributed by atoms with E-state index in [9.17, 15) is 13.2 Å². The highest BCUT2D eigenvalue weighted by atomic mass is 127.